The monoisotopic (exact) mass is 346 g/mol. The summed E-state index contributed by atoms with van der Waals surface area (Å²) in [6.45, 7) is 1.39. The van der Waals surface area contributed by atoms with Gasteiger partial charge in [-0.25, -0.2) is 4.79 Å². The Balaban J connectivity index is 1.59. The van der Waals surface area contributed by atoms with Gasteiger partial charge in [-0.05, 0) is 42.8 Å². The van der Waals surface area contributed by atoms with Crippen molar-refractivity contribution in [2.24, 2.45) is 5.92 Å². The summed E-state index contributed by atoms with van der Waals surface area (Å²) in [5.74, 6) is 1.41. The van der Waals surface area contributed by atoms with Gasteiger partial charge in [-0.15, -0.1) is 0 Å². The van der Waals surface area contributed by atoms with Crippen molar-refractivity contribution >= 4 is 23.3 Å². The molecule has 6 heteroatoms. The van der Waals surface area contributed by atoms with Gasteiger partial charge in [0.25, 0.3) is 0 Å². The Hall–Kier alpha value is -2.24. The molecule has 1 atom stereocenters. The lowest BCUT2D eigenvalue weighted by Gasteiger charge is -2.17. The van der Waals surface area contributed by atoms with Gasteiger partial charge in [0.15, 0.2) is 0 Å². The van der Waals surface area contributed by atoms with Crippen LogP contribution in [0.3, 0.4) is 0 Å². The van der Waals surface area contributed by atoms with Crippen LogP contribution in [-0.2, 0) is 0 Å². The lowest BCUT2D eigenvalue weighted by atomic mass is 10.1. The van der Waals surface area contributed by atoms with Crippen LogP contribution in [0.25, 0.3) is 0 Å². The minimum absolute atomic E-state index is 0.123. The van der Waals surface area contributed by atoms with Crippen LogP contribution in [0.4, 0.5) is 10.5 Å². The van der Waals surface area contributed by atoms with E-state index in [0.717, 1.165) is 6.42 Å². The number of aliphatic hydroxyl groups excluding tert-OH is 1. The highest BCUT2D eigenvalue weighted by molar-refractivity contribution is 6.32. The van der Waals surface area contributed by atoms with E-state index in [0.29, 0.717) is 35.3 Å². The number of anilines is 1. The zero-order valence-corrected chi connectivity index (χ0v) is 13.9. The first-order valence-corrected chi connectivity index (χ1v) is 8.23. The first-order chi connectivity index (χ1) is 11.7. The van der Waals surface area contributed by atoms with E-state index in [1.165, 1.54) is 0 Å². The Kier molecular flexibility index (Phi) is 5.23. The Bertz CT molecular complexity index is 706. The van der Waals surface area contributed by atoms with Gasteiger partial charge in [0.1, 0.15) is 11.5 Å². The third-order valence-corrected chi connectivity index (χ3v) is 4.31. The lowest BCUT2D eigenvalue weighted by molar-refractivity contribution is 0.209. The number of hydrogen-bond acceptors (Lipinski definition) is 3. The summed E-state index contributed by atoms with van der Waals surface area (Å²) >= 11 is 6.07. The molecule has 2 N–H and O–H groups in total. The number of benzene rings is 2. The van der Waals surface area contributed by atoms with E-state index < -0.39 is 0 Å². The van der Waals surface area contributed by atoms with E-state index in [1.807, 2.05) is 12.1 Å². The lowest BCUT2D eigenvalue weighted by Crippen LogP contribution is -2.33. The molecule has 5 nitrogen and oxygen atoms in total. The molecule has 24 heavy (non-hydrogen) atoms. The maximum absolute atomic E-state index is 12.2. The summed E-state index contributed by atoms with van der Waals surface area (Å²) in [6, 6.07) is 14.2. The predicted octanol–water partition coefficient (Wildman–Crippen LogP) is 3.98. The standard InChI is InChI=1S/C18H19ClN2O3/c19-16-3-1-2-4-17(16)24-15-7-5-14(6-8-15)20-18(23)21-10-9-13(11-21)12-22/h1-8,13,22H,9-12H2,(H,20,23). The van der Waals surface area contributed by atoms with E-state index in [1.54, 1.807) is 41.3 Å². The molecule has 1 saturated heterocycles. The molecule has 1 aliphatic rings. The Labute approximate surface area is 145 Å². The molecule has 0 saturated carbocycles. The number of nitrogens with one attached hydrogen (secondary N) is 1. The SMILES string of the molecule is O=C(Nc1ccc(Oc2ccccc2Cl)cc1)N1CCC(CO)C1. The van der Waals surface area contributed by atoms with Crippen LogP contribution in [0.1, 0.15) is 6.42 Å². The molecule has 126 valence electrons. The summed E-state index contributed by atoms with van der Waals surface area (Å²) in [4.78, 5) is 13.9. The predicted molar refractivity (Wildman–Crippen MR) is 93.8 cm³/mol. The van der Waals surface area contributed by atoms with E-state index in [4.69, 9.17) is 21.4 Å². The molecule has 0 radical (unpaired) electrons. The fourth-order valence-corrected chi connectivity index (χ4v) is 2.80. The Morgan fingerprint density at radius 3 is 2.67 bits per heavy atom. The van der Waals surface area contributed by atoms with Crippen molar-refractivity contribution in [2.45, 2.75) is 6.42 Å². The van der Waals surface area contributed by atoms with E-state index in [9.17, 15) is 4.79 Å². The third kappa shape index (κ3) is 3.99. The quantitative estimate of drug-likeness (QED) is 0.880. The second-order valence-electron chi connectivity index (χ2n) is 5.77. The maximum Gasteiger partial charge on any atom is 0.321 e. The van der Waals surface area contributed by atoms with Crippen LogP contribution < -0.4 is 10.1 Å². The highest BCUT2D eigenvalue weighted by Crippen LogP contribution is 2.29. The van der Waals surface area contributed by atoms with Crippen LogP contribution in [-0.4, -0.2) is 35.7 Å². The molecule has 1 unspecified atom stereocenters. The van der Waals surface area contributed by atoms with Crippen molar-refractivity contribution in [1.29, 1.82) is 0 Å². The number of carbonyl (C=O) groups is 1. The number of amides is 2. The molecule has 0 spiro atoms. The van der Waals surface area contributed by atoms with Crippen LogP contribution in [0.5, 0.6) is 11.5 Å². The van der Waals surface area contributed by atoms with Crippen molar-refractivity contribution in [3.63, 3.8) is 0 Å². The number of likely N-dealkylation sites (tertiary alicyclic amines) is 1. The topological polar surface area (TPSA) is 61.8 Å². The fourth-order valence-electron chi connectivity index (χ4n) is 2.63. The highest BCUT2D eigenvalue weighted by Gasteiger charge is 2.25. The molecule has 0 bridgehead atoms. The number of carbonyl (C=O) groups excluding carboxylic acids is 1. The van der Waals surface area contributed by atoms with Gasteiger partial charge >= 0.3 is 6.03 Å². The smallest absolute Gasteiger partial charge is 0.321 e. The summed E-state index contributed by atoms with van der Waals surface area (Å²) in [7, 11) is 0. The molecule has 1 aliphatic heterocycles. The Morgan fingerprint density at radius 1 is 1.25 bits per heavy atom. The number of nitrogens with zero attached hydrogens (tertiary/aromatic N) is 1. The Morgan fingerprint density at radius 2 is 2.00 bits per heavy atom. The molecular weight excluding hydrogens is 328 g/mol. The zero-order valence-electron chi connectivity index (χ0n) is 13.1. The van der Waals surface area contributed by atoms with Crippen LogP contribution in [0.15, 0.2) is 48.5 Å². The first-order valence-electron chi connectivity index (χ1n) is 7.85. The zero-order chi connectivity index (χ0) is 16.9. The minimum Gasteiger partial charge on any atom is -0.456 e. The van der Waals surface area contributed by atoms with Crippen molar-refractivity contribution in [3.05, 3.63) is 53.6 Å². The summed E-state index contributed by atoms with van der Waals surface area (Å²) in [5.41, 5.74) is 0.693. The second kappa shape index (κ2) is 7.55. The van der Waals surface area contributed by atoms with Gasteiger partial charge in [-0.1, -0.05) is 23.7 Å². The number of halogens is 1. The van der Waals surface area contributed by atoms with Gasteiger partial charge in [-0.3, -0.25) is 0 Å². The highest BCUT2D eigenvalue weighted by atomic mass is 35.5. The summed E-state index contributed by atoms with van der Waals surface area (Å²) < 4.78 is 5.71. The molecule has 3 rings (SSSR count). The molecule has 0 aliphatic carbocycles. The summed E-state index contributed by atoms with van der Waals surface area (Å²) in [6.07, 6.45) is 0.842. The summed E-state index contributed by atoms with van der Waals surface area (Å²) in [5, 5.41) is 12.5. The number of para-hydroxylation sites is 1. The number of rotatable bonds is 4. The minimum atomic E-state index is -0.147. The third-order valence-electron chi connectivity index (χ3n) is 4.00. The maximum atomic E-state index is 12.2. The van der Waals surface area contributed by atoms with Crippen molar-refractivity contribution in [3.8, 4) is 11.5 Å². The van der Waals surface area contributed by atoms with Crippen molar-refractivity contribution in [2.75, 3.05) is 25.0 Å². The number of urea groups is 1. The van der Waals surface area contributed by atoms with Gasteiger partial charge in [0.2, 0.25) is 0 Å². The van der Waals surface area contributed by atoms with Gasteiger partial charge in [0.05, 0.1) is 5.02 Å². The number of hydrogen-bond donors (Lipinski definition) is 2. The normalized spacial score (nSPS) is 16.9. The fraction of sp³-hybridized carbons (Fsp3) is 0.278. The first kappa shape index (κ1) is 16.6. The second-order valence-corrected chi connectivity index (χ2v) is 6.18. The van der Waals surface area contributed by atoms with Gasteiger partial charge in [-0.2, -0.15) is 0 Å². The van der Waals surface area contributed by atoms with Gasteiger partial charge < -0.3 is 20.1 Å². The molecule has 2 aromatic rings. The van der Waals surface area contributed by atoms with Gasteiger partial charge in [0, 0.05) is 31.3 Å². The average molecular weight is 347 g/mol. The molecule has 2 amide bonds. The molecule has 1 heterocycles. The molecule has 2 aromatic carbocycles. The van der Waals surface area contributed by atoms with Crippen LogP contribution in [0.2, 0.25) is 5.02 Å². The van der Waals surface area contributed by atoms with Crippen molar-refractivity contribution < 1.29 is 14.6 Å². The molecule has 1 fully saturated rings. The van der Waals surface area contributed by atoms with Crippen LogP contribution in [0, 0.1) is 5.92 Å². The molecule has 0 aromatic heterocycles. The average Bonchev–Trinajstić information content (AvgIpc) is 3.08. The van der Waals surface area contributed by atoms with Crippen LogP contribution >= 0.6 is 11.6 Å². The van der Waals surface area contributed by atoms with E-state index in [-0.39, 0.29) is 18.6 Å². The number of aliphatic hydroxyl groups is 1. The van der Waals surface area contributed by atoms with Crippen molar-refractivity contribution in [1.82, 2.24) is 4.90 Å². The number of ether oxygens (including phenoxy) is 1. The molecular formula is C18H19ClN2O3. The largest absolute Gasteiger partial charge is 0.456 e. The van der Waals surface area contributed by atoms with E-state index >= 15 is 0 Å². The van der Waals surface area contributed by atoms with E-state index in [2.05, 4.69) is 5.32 Å².